The molecule has 0 spiro atoms. The van der Waals surface area contributed by atoms with Gasteiger partial charge in [0.15, 0.2) is 5.84 Å². The number of alkyl halides is 3. The van der Waals surface area contributed by atoms with Gasteiger partial charge in [-0.25, -0.2) is 0 Å². The van der Waals surface area contributed by atoms with Gasteiger partial charge >= 0.3 is 6.18 Å². The van der Waals surface area contributed by atoms with Gasteiger partial charge in [-0.15, -0.1) is 0 Å². The predicted molar refractivity (Wildman–Crippen MR) is 74.6 cm³/mol. The summed E-state index contributed by atoms with van der Waals surface area (Å²) in [7, 11) is 0. The molecule has 1 aliphatic rings. The van der Waals surface area contributed by atoms with Gasteiger partial charge in [-0.05, 0) is 43.9 Å². The van der Waals surface area contributed by atoms with Gasteiger partial charge in [0.1, 0.15) is 0 Å². The number of rotatable bonds is 5. The average molecular weight is 301 g/mol. The van der Waals surface area contributed by atoms with Crippen LogP contribution in [0, 0.1) is 5.92 Å². The first-order chi connectivity index (χ1) is 9.86. The lowest BCUT2D eigenvalue weighted by Crippen LogP contribution is -2.29. The van der Waals surface area contributed by atoms with E-state index >= 15 is 0 Å². The highest BCUT2D eigenvalue weighted by molar-refractivity contribution is 6.02. The molecule has 0 heterocycles. The minimum atomic E-state index is -4.46. The Balaban J connectivity index is 2.43. The standard InChI is InChI=1S/C14H18F3N3O/c1-2-20(8-9-3-4-9)12-6-5-10(14(15,16)17)7-11(12)13(18)19-21/h5-7,9,21H,2-4,8H2,1H3,(H2,18,19). The molecule has 1 fully saturated rings. The van der Waals surface area contributed by atoms with Gasteiger partial charge in [0.2, 0.25) is 0 Å². The first kappa shape index (κ1) is 15.5. The largest absolute Gasteiger partial charge is 0.416 e. The highest BCUT2D eigenvalue weighted by Crippen LogP contribution is 2.35. The van der Waals surface area contributed by atoms with E-state index in [0.29, 0.717) is 18.2 Å². The molecule has 1 aromatic carbocycles. The van der Waals surface area contributed by atoms with Crippen LogP contribution in [0.25, 0.3) is 0 Å². The van der Waals surface area contributed by atoms with E-state index in [9.17, 15) is 13.2 Å². The monoisotopic (exact) mass is 301 g/mol. The van der Waals surface area contributed by atoms with Crippen LogP contribution in [-0.4, -0.2) is 24.1 Å². The Morgan fingerprint density at radius 3 is 2.57 bits per heavy atom. The summed E-state index contributed by atoms with van der Waals surface area (Å²) in [5, 5.41) is 11.7. The molecule has 0 atom stereocenters. The van der Waals surface area contributed by atoms with Gasteiger partial charge in [-0.2, -0.15) is 13.2 Å². The van der Waals surface area contributed by atoms with Crippen LogP contribution < -0.4 is 10.6 Å². The Morgan fingerprint density at radius 1 is 1.43 bits per heavy atom. The molecule has 0 aromatic heterocycles. The maximum Gasteiger partial charge on any atom is 0.416 e. The summed E-state index contributed by atoms with van der Waals surface area (Å²) in [6.07, 6.45) is -2.19. The first-order valence-electron chi connectivity index (χ1n) is 6.81. The van der Waals surface area contributed by atoms with Crippen LogP contribution in [-0.2, 0) is 6.18 Å². The van der Waals surface area contributed by atoms with Gasteiger partial charge in [0.05, 0.1) is 5.56 Å². The van der Waals surface area contributed by atoms with Crippen molar-refractivity contribution in [2.75, 3.05) is 18.0 Å². The van der Waals surface area contributed by atoms with Crippen molar-refractivity contribution >= 4 is 11.5 Å². The maximum absolute atomic E-state index is 12.8. The van der Waals surface area contributed by atoms with Gasteiger partial charge in [-0.1, -0.05) is 5.16 Å². The van der Waals surface area contributed by atoms with Crippen LogP contribution in [0.1, 0.15) is 30.9 Å². The Kier molecular flexibility index (Phi) is 4.29. The molecule has 0 bridgehead atoms. The molecule has 0 unspecified atom stereocenters. The summed E-state index contributed by atoms with van der Waals surface area (Å²) in [6.45, 7) is 3.34. The number of nitrogens with two attached hydrogens (primary N) is 1. The Morgan fingerprint density at radius 2 is 2.10 bits per heavy atom. The van der Waals surface area contributed by atoms with Crippen molar-refractivity contribution < 1.29 is 18.4 Å². The van der Waals surface area contributed by atoms with Crippen molar-refractivity contribution in [3.8, 4) is 0 Å². The third-order valence-corrected chi connectivity index (χ3v) is 3.61. The van der Waals surface area contributed by atoms with Gasteiger partial charge in [0.25, 0.3) is 0 Å². The van der Waals surface area contributed by atoms with Crippen LogP contribution in [0.3, 0.4) is 0 Å². The fourth-order valence-corrected chi connectivity index (χ4v) is 2.26. The normalized spacial score (nSPS) is 16.1. The van der Waals surface area contributed by atoms with E-state index in [1.807, 2.05) is 11.8 Å². The van der Waals surface area contributed by atoms with E-state index in [4.69, 9.17) is 10.9 Å². The summed E-state index contributed by atoms with van der Waals surface area (Å²) < 4.78 is 38.4. The fraction of sp³-hybridized carbons (Fsp3) is 0.500. The molecule has 0 saturated heterocycles. The zero-order valence-electron chi connectivity index (χ0n) is 11.7. The number of hydrogen-bond acceptors (Lipinski definition) is 3. The smallest absolute Gasteiger partial charge is 0.409 e. The quantitative estimate of drug-likeness (QED) is 0.380. The molecule has 116 valence electrons. The van der Waals surface area contributed by atoms with E-state index in [-0.39, 0.29) is 11.4 Å². The SMILES string of the molecule is CCN(CC1CC1)c1ccc(C(F)(F)F)cc1C(N)=NO. The van der Waals surface area contributed by atoms with Crippen molar-refractivity contribution in [3.63, 3.8) is 0 Å². The molecular formula is C14H18F3N3O. The fourth-order valence-electron chi connectivity index (χ4n) is 2.26. The molecule has 0 aliphatic heterocycles. The molecule has 1 aromatic rings. The number of halogens is 3. The number of nitrogens with zero attached hydrogens (tertiary/aromatic N) is 2. The summed E-state index contributed by atoms with van der Waals surface area (Å²) in [4.78, 5) is 1.96. The second-order valence-electron chi connectivity index (χ2n) is 5.20. The molecule has 4 nitrogen and oxygen atoms in total. The lowest BCUT2D eigenvalue weighted by atomic mass is 10.1. The topological polar surface area (TPSA) is 61.8 Å². The number of oxime groups is 1. The minimum absolute atomic E-state index is 0.106. The zero-order chi connectivity index (χ0) is 15.6. The highest BCUT2D eigenvalue weighted by Gasteiger charge is 2.32. The van der Waals surface area contributed by atoms with Crippen LogP contribution in [0.15, 0.2) is 23.4 Å². The van der Waals surface area contributed by atoms with Crippen LogP contribution in [0.4, 0.5) is 18.9 Å². The van der Waals surface area contributed by atoms with Crippen molar-refractivity contribution in [3.05, 3.63) is 29.3 Å². The van der Waals surface area contributed by atoms with Crippen molar-refractivity contribution in [2.24, 2.45) is 16.8 Å². The molecule has 0 radical (unpaired) electrons. The summed E-state index contributed by atoms with van der Waals surface area (Å²) in [5.41, 5.74) is 5.41. The van der Waals surface area contributed by atoms with E-state index < -0.39 is 11.7 Å². The molecule has 1 saturated carbocycles. The summed E-state index contributed by atoms with van der Waals surface area (Å²) in [6, 6.07) is 3.35. The lowest BCUT2D eigenvalue weighted by molar-refractivity contribution is -0.137. The van der Waals surface area contributed by atoms with Crippen molar-refractivity contribution in [1.29, 1.82) is 0 Å². The predicted octanol–water partition coefficient (Wildman–Crippen LogP) is 3.04. The Hall–Kier alpha value is -1.92. The number of hydrogen-bond donors (Lipinski definition) is 2. The van der Waals surface area contributed by atoms with Crippen LogP contribution >= 0.6 is 0 Å². The molecule has 3 N–H and O–H groups in total. The summed E-state index contributed by atoms with van der Waals surface area (Å²) in [5.74, 6) is 0.262. The molecule has 7 heteroatoms. The van der Waals surface area contributed by atoms with Crippen molar-refractivity contribution in [1.82, 2.24) is 0 Å². The molecule has 1 aliphatic carbocycles. The second-order valence-corrected chi connectivity index (χ2v) is 5.20. The third kappa shape index (κ3) is 3.59. The zero-order valence-corrected chi connectivity index (χ0v) is 11.7. The minimum Gasteiger partial charge on any atom is -0.409 e. The van der Waals surface area contributed by atoms with Crippen molar-refractivity contribution in [2.45, 2.75) is 25.9 Å². The van der Waals surface area contributed by atoms with Gasteiger partial charge in [0, 0.05) is 24.3 Å². The molecule has 2 rings (SSSR count). The third-order valence-electron chi connectivity index (χ3n) is 3.61. The first-order valence-corrected chi connectivity index (χ1v) is 6.81. The Labute approximate surface area is 121 Å². The Bertz CT molecular complexity index is 539. The van der Waals surface area contributed by atoms with E-state index in [1.165, 1.54) is 6.07 Å². The highest BCUT2D eigenvalue weighted by atomic mass is 19.4. The van der Waals surface area contributed by atoms with Gasteiger partial charge < -0.3 is 15.8 Å². The molecule has 0 amide bonds. The second kappa shape index (κ2) is 5.83. The van der Waals surface area contributed by atoms with Gasteiger partial charge in [-0.3, -0.25) is 0 Å². The molecule has 21 heavy (non-hydrogen) atoms. The number of benzene rings is 1. The maximum atomic E-state index is 12.8. The summed E-state index contributed by atoms with van der Waals surface area (Å²) >= 11 is 0. The van der Waals surface area contributed by atoms with E-state index in [0.717, 1.165) is 31.5 Å². The van der Waals surface area contributed by atoms with E-state index in [1.54, 1.807) is 0 Å². The molecular weight excluding hydrogens is 283 g/mol. The lowest BCUT2D eigenvalue weighted by Gasteiger charge is -2.26. The van der Waals surface area contributed by atoms with E-state index in [2.05, 4.69) is 5.16 Å². The van der Waals surface area contributed by atoms with Crippen LogP contribution in [0.5, 0.6) is 0 Å². The number of amidine groups is 1. The van der Waals surface area contributed by atoms with Crippen LogP contribution in [0.2, 0.25) is 0 Å². The average Bonchev–Trinajstić information content (AvgIpc) is 3.26. The number of anilines is 1.